The molecule has 2 nitrogen and oxygen atoms in total. The number of rotatable bonds is 1. The van der Waals surface area contributed by atoms with Gasteiger partial charge in [0.25, 0.3) is 0 Å². The molecule has 0 spiro atoms. The number of hydrogen-bond acceptors (Lipinski definition) is 2. The average Bonchev–Trinajstić information content (AvgIpc) is 2.50. The van der Waals surface area contributed by atoms with E-state index in [0.717, 1.165) is 12.8 Å². The highest BCUT2D eigenvalue weighted by Gasteiger charge is 2.64. The van der Waals surface area contributed by atoms with Gasteiger partial charge in [-0.2, -0.15) is 0 Å². The van der Waals surface area contributed by atoms with Crippen molar-refractivity contribution in [3.63, 3.8) is 0 Å². The molecule has 0 saturated carbocycles. The zero-order valence-electron chi connectivity index (χ0n) is 9.00. The van der Waals surface area contributed by atoms with Crippen LogP contribution in [0.3, 0.4) is 0 Å². The minimum Gasteiger partial charge on any atom is -0.390 e. The minimum atomic E-state index is -0.274. The molecule has 2 rings (SSSR count). The van der Waals surface area contributed by atoms with Crippen molar-refractivity contribution >= 4 is 0 Å². The quantitative estimate of drug-likeness (QED) is 0.675. The van der Waals surface area contributed by atoms with E-state index in [-0.39, 0.29) is 23.2 Å². The molecule has 0 amide bonds. The molecular formula is C11H20O2. The topological polar surface area (TPSA) is 29.5 Å². The number of ether oxygens (including phenoxy) is 1. The summed E-state index contributed by atoms with van der Waals surface area (Å²) in [4.78, 5) is 0. The molecule has 2 fully saturated rings. The molecule has 1 N–H and O–H groups in total. The van der Waals surface area contributed by atoms with Gasteiger partial charge in [-0.05, 0) is 25.7 Å². The molecule has 2 aliphatic heterocycles. The van der Waals surface area contributed by atoms with Crippen LogP contribution >= 0.6 is 0 Å². The van der Waals surface area contributed by atoms with E-state index in [1.807, 2.05) is 6.92 Å². The van der Waals surface area contributed by atoms with E-state index in [1.54, 1.807) is 0 Å². The molecule has 0 aromatic heterocycles. The monoisotopic (exact) mass is 184 g/mol. The molecular weight excluding hydrogens is 164 g/mol. The van der Waals surface area contributed by atoms with Crippen LogP contribution in [0.2, 0.25) is 0 Å². The maximum atomic E-state index is 10.0. The van der Waals surface area contributed by atoms with E-state index in [0.29, 0.717) is 5.92 Å². The summed E-state index contributed by atoms with van der Waals surface area (Å²) in [6, 6.07) is 0. The van der Waals surface area contributed by atoms with E-state index in [2.05, 4.69) is 20.8 Å². The fourth-order valence-electron chi connectivity index (χ4n) is 3.24. The highest BCUT2D eigenvalue weighted by atomic mass is 16.6. The summed E-state index contributed by atoms with van der Waals surface area (Å²) in [5.74, 6) is 0.785. The average molecular weight is 184 g/mol. The molecule has 0 aromatic rings. The molecule has 0 aliphatic carbocycles. The molecule has 13 heavy (non-hydrogen) atoms. The minimum absolute atomic E-state index is 0.0475. The molecule has 2 aliphatic rings. The highest BCUT2D eigenvalue weighted by Crippen LogP contribution is 2.56. The fraction of sp³-hybridized carbons (Fsp3) is 1.00. The van der Waals surface area contributed by atoms with Gasteiger partial charge in [0.2, 0.25) is 0 Å². The van der Waals surface area contributed by atoms with Crippen molar-refractivity contribution < 1.29 is 9.84 Å². The summed E-state index contributed by atoms with van der Waals surface area (Å²) in [7, 11) is 0. The smallest absolute Gasteiger partial charge is 0.0924 e. The van der Waals surface area contributed by atoms with Crippen LogP contribution < -0.4 is 0 Å². The molecule has 2 bridgehead atoms. The SMILES string of the molecule is CC(C)[C@]12CC[C@](C)(O1)[C@H](O)[C@H]2C. The van der Waals surface area contributed by atoms with Crippen LogP contribution in [-0.2, 0) is 4.74 Å². The number of aliphatic hydroxyl groups excluding tert-OH is 1. The van der Waals surface area contributed by atoms with Crippen LogP contribution in [0.4, 0.5) is 0 Å². The maximum Gasteiger partial charge on any atom is 0.0924 e. The molecule has 0 aromatic carbocycles. The third kappa shape index (κ3) is 0.962. The van der Waals surface area contributed by atoms with Crippen molar-refractivity contribution in [1.29, 1.82) is 0 Å². The first-order valence-corrected chi connectivity index (χ1v) is 5.30. The van der Waals surface area contributed by atoms with Gasteiger partial charge in [-0.25, -0.2) is 0 Å². The first kappa shape index (κ1) is 9.47. The second-order valence-electron chi connectivity index (χ2n) is 5.26. The summed E-state index contributed by atoms with van der Waals surface area (Å²) in [6.45, 7) is 8.56. The van der Waals surface area contributed by atoms with E-state index in [4.69, 9.17) is 4.74 Å². The first-order valence-electron chi connectivity index (χ1n) is 5.30. The Kier molecular flexibility index (Phi) is 1.81. The van der Waals surface area contributed by atoms with E-state index in [9.17, 15) is 5.11 Å². The van der Waals surface area contributed by atoms with E-state index >= 15 is 0 Å². The second kappa shape index (κ2) is 2.48. The van der Waals surface area contributed by atoms with Gasteiger partial charge < -0.3 is 9.84 Å². The van der Waals surface area contributed by atoms with Crippen molar-refractivity contribution in [2.75, 3.05) is 0 Å². The molecule has 2 heteroatoms. The molecule has 0 unspecified atom stereocenters. The van der Waals surface area contributed by atoms with E-state index < -0.39 is 0 Å². The predicted molar refractivity (Wildman–Crippen MR) is 51.5 cm³/mol. The largest absolute Gasteiger partial charge is 0.390 e. The zero-order chi connectivity index (χ0) is 9.85. The Hall–Kier alpha value is -0.0800. The number of hydrogen-bond donors (Lipinski definition) is 1. The maximum absolute atomic E-state index is 10.0. The Balaban J connectivity index is 2.34. The van der Waals surface area contributed by atoms with Crippen LogP contribution in [0.15, 0.2) is 0 Å². The van der Waals surface area contributed by atoms with Crippen LogP contribution in [-0.4, -0.2) is 22.4 Å². The number of fused-ring (bicyclic) bond motifs is 2. The lowest BCUT2D eigenvalue weighted by Crippen LogP contribution is -2.44. The summed E-state index contributed by atoms with van der Waals surface area (Å²) >= 11 is 0. The summed E-state index contributed by atoms with van der Waals surface area (Å²) in [5, 5.41) is 10.0. The van der Waals surface area contributed by atoms with Crippen LogP contribution in [0.1, 0.15) is 40.5 Å². The first-order chi connectivity index (χ1) is 5.92. The Bertz CT molecular complexity index is 226. The van der Waals surface area contributed by atoms with Gasteiger partial charge in [0, 0.05) is 5.92 Å². The Morgan fingerprint density at radius 3 is 2.31 bits per heavy atom. The molecule has 2 saturated heterocycles. The van der Waals surface area contributed by atoms with Crippen molar-refractivity contribution in [2.45, 2.75) is 57.8 Å². The van der Waals surface area contributed by atoms with Gasteiger partial charge >= 0.3 is 0 Å². The van der Waals surface area contributed by atoms with Crippen molar-refractivity contribution in [2.24, 2.45) is 11.8 Å². The standard InChI is InChI=1S/C11H20O2/c1-7(2)11-6-5-10(4,13-11)9(12)8(11)3/h7-9,12H,5-6H2,1-4H3/t8-,9-,10+,11+/m1/s1. The van der Waals surface area contributed by atoms with Gasteiger partial charge in [0.15, 0.2) is 0 Å². The van der Waals surface area contributed by atoms with E-state index in [1.165, 1.54) is 0 Å². The van der Waals surface area contributed by atoms with Gasteiger partial charge in [0.1, 0.15) is 0 Å². The zero-order valence-corrected chi connectivity index (χ0v) is 9.00. The Morgan fingerprint density at radius 2 is 2.00 bits per heavy atom. The fourth-order valence-corrected chi connectivity index (χ4v) is 3.24. The number of aliphatic hydroxyl groups is 1. The van der Waals surface area contributed by atoms with Crippen LogP contribution in [0.5, 0.6) is 0 Å². The van der Waals surface area contributed by atoms with Gasteiger partial charge in [-0.15, -0.1) is 0 Å². The lowest BCUT2D eigenvalue weighted by molar-refractivity contribution is -0.0839. The predicted octanol–water partition coefficient (Wildman–Crippen LogP) is 1.96. The second-order valence-corrected chi connectivity index (χ2v) is 5.26. The molecule has 4 atom stereocenters. The lowest BCUT2D eigenvalue weighted by atomic mass is 9.69. The third-order valence-electron chi connectivity index (χ3n) is 4.28. The summed E-state index contributed by atoms with van der Waals surface area (Å²) < 4.78 is 6.08. The Morgan fingerprint density at radius 1 is 1.38 bits per heavy atom. The molecule has 2 heterocycles. The van der Waals surface area contributed by atoms with Crippen molar-refractivity contribution in [1.82, 2.24) is 0 Å². The Labute approximate surface area is 80.3 Å². The third-order valence-corrected chi connectivity index (χ3v) is 4.28. The van der Waals surface area contributed by atoms with Gasteiger partial charge in [-0.3, -0.25) is 0 Å². The summed E-state index contributed by atoms with van der Waals surface area (Å²) in [6.07, 6.45) is 1.85. The molecule has 0 radical (unpaired) electrons. The van der Waals surface area contributed by atoms with Crippen molar-refractivity contribution in [3.05, 3.63) is 0 Å². The van der Waals surface area contributed by atoms with Crippen LogP contribution in [0.25, 0.3) is 0 Å². The van der Waals surface area contributed by atoms with Gasteiger partial charge in [0.05, 0.1) is 17.3 Å². The van der Waals surface area contributed by atoms with Crippen molar-refractivity contribution in [3.8, 4) is 0 Å². The summed E-state index contributed by atoms with van der Waals surface area (Å²) in [5.41, 5.74) is -0.308. The molecule has 76 valence electrons. The normalized spacial score (nSPS) is 54.9. The van der Waals surface area contributed by atoms with Gasteiger partial charge in [-0.1, -0.05) is 20.8 Å². The van der Waals surface area contributed by atoms with Crippen LogP contribution in [0, 0.1) is 11.8 Å². The lowest BCUT2D eigenvalue weighted by Gasteiger charge is -2.36. The highest BCUT2D eigenvalue weighted by molar-refractivity contribution is 5.12.